The van der Waals surface area contributed by atoms with E-state index in [0.29, 0.717) is 85.6 Å². The molecular formula is C60H77N3O8. The SMILES string of the molecule is C=C(C=CC=C(CO)C1C2CCCC3(O)CCC4=C(C)C(=O)Cc5cccc6c5C(NCC(O)C(Cc5ccc(O)cc5)Cc5cccc(c5)CC(O)CCC4C3(C2)C1O)C(=O)NC6N)CCC=C(C)C. The zero-order valence-electron chi connectivity index (χ0n) is 42.0. The minimum Gasteiger partial charge on any atom is -0.508 e. The number of phenolic OH excluding ortho intramolecular Hbond substituents is 1. The minimum atomic E-state index is -1.25. The number of carbonyl (C=O) groups is 2. The van der Waals surface area contributed by atoms with E-state index < -0.39 is 53.4 Å². The standard InChI is InChI=1S/C60H77N3O8/c1-36(2)10-5-11-37(3)12-6-16-44(35-64)53-43-17-9-26-59(71)27-25-48-38(4)51(67)32-42-15-8-18-49-54(42)55(58(70)63-57(49)61)62-34-52(68)45(29-39-19-21-46(65)22-20-39)30-40-13-7-14-41(28-40)31-47(66)23-24-50(48)60(59,33-43)56(53)69/h6-8,10,12-16,18-22,28,43,45,47,50,52-53,55-57,62,64-66,68-69,71H,3,5,9,11,17,23-27,29-35,61H2,1-2,4H3,(H,63,70). The molecule has 3 aromatic carbocycles. The number of benzene rings is 3. The van der Waals surface area contributed by atoms with Crippen LogP contribution in [0, 0.1) is 29.1 Å². The summed E-state index contributed by atoms with van der Waals surface area (Å²) in [6.07, 6.45) is 11.6. The highest BCUT2D eigenvalue weighted by atomic mass is 16.3. The average Bonchev–Trinajstić information content (AvgIpc) is 3.51. The number of nitrogens with two attached hydrogens (primary N) is 1. The first-order valence-electron chi connectivity index (χ1n) is 26.1. The highest BCUT2D eigenvalue weighted by Crippen LogP contribution is 2.68. The fourth-order valence-corrected chi connectivity index (χ4v) is 13.5. The number of allylic oxidation sites excluding steroid dienone is 8. The number of ketones is 1. The molecule has 11 heteroatoms. The van der Waals surface area contributed by atoms with Crippen molar-refractivity contribution in [2.75, 3.05) is 13.2 Å². The predicted molar refractivity (Wildman–Crippen MR) is 278 cm³/mol. The molecule has 8 rings (SSSR count). The number of rotatable bonds is 9. The molecule has 0 saturated heterocycles. The Morgan fingerprint density at radius 3 is 2.45 bits per heavy atom. The number of carbonyl (C=O) groups excluding carboxylic acids is 2. The Labute approximate surface area is 420 Å². The molecule has 11 nitrogen and oxygen atoms in total. The smallest absolute Gasteiger partial charge is 0.243 e. The molecule has 5 aliphatic rings. The topological polar surface area (TPSA) is 206 Å². The summed E-state index contributed by atoms with van der Waals surface area (Å²) in [5.74, 6) is -1.56. The lowest BCUT2D eigenvalue weighted by Crippen LogP contribution is -2.61. The average molecular weight is 968 g/mol. The number of aliphatic hydroxyl groups is 5. The van der Waals surface area contributed by atoms with E-state index in [1.807, 2.05) is 73.7 Å². The van der Waals surface area contributed by atoms with Gasteiger partial charge >= 0.3 is 0 Å². The Balaban J connectivity index is 1.19. The van der Waals surface area contributed by atoms with Crippen LogP contribution in [0.25, 0.3) is 0 Å². The van der Waals surface area contributed by atoms with Gasteiger partial charge in [-0.2, -0.15) is 0 Å². The lowest BCUT2D eigenvalue weighted by Gasteiger charge is -2.57. The lowest BCUT2D eigenvalue weighted by atomic mass is 9.51. The van der Waals surface area contributed by atoms with Crippen LogP contribution in [-0.4, -0.2) is 79.4 Å². The van der Waals surface area contributed by atoms with Crippen molar-refractivity contribution in [2.24, 2.45) is 34.8 Å². The lowest BCUT2D eigenvalue weighted by molar-refractivity contribution is -0.181. The van der Waals surface area contributed by atoms with E-state index in [9.17, 15) is 35.4 Å². The Morgan fingerprint density at radius 2 is 1.70 bits per heavy atom. The fourth-order valence-electron chi connectivity index (χ4n) is 13.5. The molecular weight excluding hydrogens is 891 g/mol. The van der Waals surface area contributed by atoms with Crippen molar-refractivity contribution in [3.8, 4) is 5.75 Å². The first kappa shape index (κ1) is 52.3. The molecule has 0 aromatic heterocycles. The summed E-state index contributed by atoms with van der Waals surface area (Å²) in [4.78, 5) is 29.0. The third-order valence-electron chi connectivity index (χ3n) is 17.1. The van der Waals surface area contributed by atoms with Gasteiger partial charge < -0.3 is 41.7 Å². The first-order chi connectivity index (χ1) is 34.0. The number of β-amino-alcohol motifs (C(OH)–C–C–N with tert-alkyl or cyclic N) is 1. The van der Waals surface area contributed by atoms with Gasteiger partial charge in [-0.3, -0.25) is 14.9 Å². The van der Waals surface area contributed by atoms with E-state index in [-0.39, 0.29) is 48.8 Å². The number of aromatic hydroxyl groups is 1. The molecule has 3 saturated carbocycles. The Kier molecular flexibility index (Phi) is 16.5. The molecule has 11 atom stereocenters. The van der Waals surface area contributed by atoms with Gasteiger partial charge in [0, 0.05) is 24.3 Å². The maximum atomic E-state index is 15.0. The molecule has 3 aliphatic carbocycles. The molecule has 71 heavy (non-hydrogen) atoms. The van der Waals surface area contributed by atoms with Crippen LogP contribution in [0.4, 0.5) is 0 Å². The molecule has 4 bridgehead atoms. The van der Waals surface area contributed by atoms with Crippen LogP contribution in [0.1, 0.15) is 131 Å². The van der Waals surface area contributed by atoms with Crippen LogP contribution in [0.3, 0.4) is 0 Å². The quantitative estimate of drug-likeness (QED) is 0.0752. The molecule has 2 heterocycles. The summed E-state index contributed by atoms with van der Waals surface area (Å²) in [7, 11) is 0. The number of amides is 1. The Morgan fingerprint density at radius 1 is 0.958 bits per heavy atom. The van der Waals surface area contributed by atoms with Crippen molar-refractivity contribution in [1.29, 1.82) is 0 Å². The number of phenols is 1. The van der Waals surface area contributed by atoms with Gasteiger partial charge in [-0.25, -0.2) is 0 Å². The largest absolute Gasteiger partial charge is 0.508 e. The second kappa shape index (κ2) is 22.4. The second-order valence-electron chi connectivity index (χ2n) is 21.8. The van der Waals surface area contributed by atoms with Crippen molar-refractivity contribution in [3.63, 3.8) is 0 Å². The maximum absolute atomic E-state index is 15.0. The number of nitrogens with one attached hydrogen (secondary N) is 2. The predicted octanol–water partition coefficient (Wildman–Crippen LogP) is 7.78. The first-order valence-corrected chi connectivity index (χ1v) is 26.1. The van der Waals surface area contributed by atoms with Gasteiger partial charge in [0.2, 0.25) is 5.91 Å². The molecule has 0 radical (unpaired) electrons. The van der Waals surface area contributed by atoms with Crippen LogP contribution in [0.15, 0.2) is 125 Å². The van der Waals surface area contributed by atoms with E-state index in [1.165, 1.54) is 5.57 Å². The highest BCUT2D eigenvalue weighted by Gasteiger charge is 2.68. The summed E-state index contributed by atoms with van der Waals surface area (Å²) in [6, 6.07) is 19.7. The molecule has 10 N–H and O–H groups in total. The van der Waals surface area contributed by atoms with Gasteiger partial charge in [-0.05, 0) is 172 Å². The van der Waals surface area contributed by atoms with Gasteiger partial charge in [0.05, 0.1) is 30.5 Å². The van der Waals surface area contributed by atoms with Crippen LogP contribution >= 0.6 is 0 Å². The summed E-state index contributed by atoms with van der Waals surface area (Å²) in [5.41, 5.74) is 13.4. The monoisotopic (exact) mass is 968 g/mol. The van der Waals surface area contributed by atoms with Crippen molar-refractivity contribution >= 4 is 11.7 Å². The Hall–Kier alpha value is -4.98. The maximum Gasteiger partial charge on any atom is 0.243 e. The normalized spacial score (nSPS) is 31.7. The fraction of sp³-hybridized carbons (Fsp3) is 0.500. The van der Waals surface area contributed by atoms with Gasteiger partial charge in [-0.15, -0.1) is 0 Å². The summed E-state index contributed by atoms with van der Waals surface area (Å²) in [6.45, 7) is 10.1. The number of aliphatic hydroxyl groups excluding tert-OH is 4. The van der Waals surface area contributed by atoms with Crippen molar-refractivity contribution in [2.45, 2.75) is 147 Å². The molecule has 1 spiro atoms. The van der Waals surface area contributed by atoms with Crippen LogP contribution in [0.5, 0.6) is 5.75 Å². The minimum absolute atomic E-state index is 0.0252. The van der Waals surface area contributed by atoms with Crippen LogP contribution in [-0.2, 0) is 35.3 Å². The van der Waals surface area contributed by atoms with E-state index in [4.69, 9.17) is 5.73 Å². The van der Waals surface area contributed by atoms with E-state index in [0.717, 1.165) is 53.5 Å². The van der Waals surface area contributed by atoms with Crippen molar-refractivity contribution in [1.82, 2.24) is 10.6 Å². The van der Waals surface area contributed by atoms with Gasteiger partial charge in [0.25, 0.3) is 0 Å². The van der Waals surface area contributed by atoms with E-state index >= 15 is 4.79 Å². The summed E-state index contributed by atoms with van der Waals surface area (Å²) < 4.78 is 0. The molecule has 2 aliphatic heterocycles. The number of fused-ring (bicyclic) bond motifs is 4. The number of Topliss-reactive ketones (excluding diaryl/α,β-unsaturated/α-hetero) is 1. The number of hydrogen-bond donors (Lipinski definition) is 9. The third kappa shape index (κ3) is 11.2. The number of hydrogen-bond acceptors (Lipinski definition) is 10. The van der Waals surface area contributed by atoms with Crippen LogP contribution < -0.4 is 16.4 Å². The zero-order chi connectivity index (χ0) is 50.6. The molecule has 11 unspecified atom stereocenters. The molecule has 1 amide bonds. The van der Waals surface area contributed by atoms with Gasteiger partial charge in [0.1, 0.15) is 18.0 Å². The molecule has 3 fully saturated rings. The van der Waals surface area contributed by atoms with E-state index in [1.54, 1.807) is 12.1 Å². The van der Waals surface area contributed by atoms with Crippen LogP contribution in [0.2, 0.25) is 0 Å². The van der Waals surface area contributed by atoms with E-state index in [2.05, 4.69) is 43.2 Å². The second-order valence-corrected chi connectivity index (χ2v) is 21.8. The highest BCUT2D eigenvalue weighted by molar-refractivity contribution is 5.98. The van der Waals surface area contributed by atoms with Gasteiger partial charge in [-0.1, -0.05) is 109 Å². The van der Waals surface area contributed by atoms with Crippen molar-refractivity contribution < 1.29 is 40.2 Å². The summed E-state index contributed by atoms with van der Waals surface area (Å²) in [5, 5.41) is 77.6. The van der Waals surface area contributed by atoms with Crippen molar-refractivity contribution in [3.05, 3.63) is 159 Å². The third-order valence-corrected chi connectivity index (χ3v) is 17.1. The zero-order valence-corrected chi connectivity index (χ0v) is 42.0. The molecule has 3 aromatic rings. The van der Waals surface area contributed by atoms with Gasteiger partial charge in [0.15, 0.2) is 5.78 Å². The Bertz CT molecular complexity index is 2560. The summed E-state index contributed by atoms with van der Waals surface area (Å²) >= 11 is 0. The molecule has 380 valence electrons.